The minimum absolute atomic E-state index is 0.112. The number of benzene rings is 1. The summed E-state index contributed by atoms with van der Waals surface area (Å²) in [6.45, 7) is 3.01. The zero-order valence-electron chi connectivity index (χ0n) is 10.8. The van der Waals surface area contributed by atoms with E-state index in [0.29, 0.717) is 24.7 Å². The molecule has 1 saturated heterocycles. The Kier molecular flexibility index (Phi) is 3.96. The lowest BCUT2D eigenvalue weighted by atomic mass is 10.0. The highest BCUT2D eigenvalue weighted by atomic mass is 32.2. The van der Waals surface area contributed by atoms with Crippen molar-refractivity contribution in [3.63, 3.8) is 0 Å². The Hall–Kier alpha value is -1.34. The lowest BCUT2D eigenvalue weighted by Gasteiger charge is -2.29. The van der Waals surface area contributed by atoms with Gasteiger partial charge in [-0.25, -0.2) is 4.39 Å². The van der Waals surface area contributed by atoms with E-state index in [0.717, 1.165) is 18.9 Å². The Morgan fingerprint density at radius 3 is 2.63 bits per heavy atom. The van der Waals surface area contributed by atoms with Gasteiger partial charge in [-0.3, -0.25) is 4.72 Å². The Morgan fingerprint density at radius 1 is 1.37 bits per heavy atom. The van der Waals surface area contributed by atoms with Crippen molar-refractivity contribution in [1.82, 2.24) is 4.31 Å². The fourth-order valence-corrected chi connectivity index (χ4v) is 3.30. The van der Waals surface area contributed by atoms with Gasteiger partial charge in [0.05, 0.1) is 5.69 Å². The van der Waals surface area contributed by atoms with Crippen LogP contribution in [0.3, 0.4) is 0 Å². The van der Waals surface area contributed by atoms with E-state index in [-0.39, 0.29) is 5.69 Å². The molecule has 0 aliphatic carbocycles. The van der Waals surface area contributed by atoms with Gasteiger partial charge in [0.15, 0.2) is 0 Å². The molecule has 7 heteroatoms. The van der Waals surface area contributed by atoms with Gasteiger partial charge in [0.2, 0.25) is 0 Å². The van der Waals surface area contributed by atoms with Gasteiger partial charge in [0.25, 0.3) is 0 Å². The SMILES string of the molecule is CC1CCN(S(=O)(=O)Nc2cc(N)ccc2F)CC1. The first-order valence-corrected chi connectivity index (χ1v) is 7.65. The number of anilines is 2. The van der Waals surface area contributed by atoms with E-state index in [1.165, 1.54) is 16.4 Å². The molecule has 19 heavy (non-hydrogen) atoms. The third-order valence-electron chi connectivity index (χ3n) is 3.31. The van der Waals surface area contributed by atoms with E-state index in [4.69, 9.17) is 5.73 Å². The van der Waals surface area contributed by atoms with E-state index in [9.17, 15) is 12.8 Å². The number of rotatable bonds is 3. The molecule has 106 valence electrons. The Bertz CT molecular complexity index is 554. The predicted molar refractivity (Wildman–Crippen MR) is 73.3 cm³/mol. The zero-order valence-corrected chi connectivity index (χ0v) is 11.6. The van der Waals surface area contributed by atoms with Crippen LogP contribution in [0.1, 0.15) is 19.8 Å². The van der Waals surface area contributed by atoms with E-state index in [2.05, 4.69) is 11.6 Å². The summed E-state index contributed by atoms with van der Waals surface area (Å²) in [5, 5.41) is 0. The van der Waals surface area contributed by atoms with E-state index < -0.39 is 16.0 Å². The van der Waals surface area contributed by atoms with Crippen LogP contribution in [0.15, 0.2) is 18.2 Å². The van der Waals surface area contributed by atoms with Crippen LogP contribution < -0.4 is 10.5 Å². The average Bonchev–Trinajstić information content (AvgIpc) is 2.34. The molecule has 0 amide bonds. The highest BCUT2D eigenvalue weighted by Crippen LogP contribution is 2.23. The number of nitrogens with one attached hydrogen (secondary N) is 1. The molecule has 1 aromatic carbocycles. The van der Waals surface area contributed by atoms with Crippen LogP contribution in [0.2, 0.25) is 0 Å². The van der Waals surface area contributed by atoms with Crippen LogP contribution in [0, 0.1) is 11.7 Å². The first-order valence-electron chi connectivity index (χ1n) is 6.21. The van der Waals surface area contributed by atoms with Gasteiger partial charge >= 0.3 is 10.2 Å². The minimum atomic E-state index is -3.71. The van der Waals surface area contributed by atoms with E-state index in [1.807, 2.05) is 0 Å². The Labute approximate surface area is 112 Å². The number of hydrogen-bond acceptors (Lipinski definition) is 3. The van der Waals surface area contributed by atoms with Gasteiger partial charge < -0.3 is 5.73 Å². The molecule has 5 nitrogen and oxygen atoms in total. The molecule has 1 aliphatic heterocycles. The molecule has 3 N–H and O–H groups in total. The maximum absolute atomic E-state index is 13.5. The molecule has 0 unspecified atom stereocenters. The van der Waals surface area contributed by atoms with Crippen molar-refractivity contribution in [1.29, 1.82) is 0 Å². The third-order valence-corrected chi connectivity index (χ3v) is 4.83. The second-order valence-corrected chi connectivity index (χ2v) is 6.60. The number of nitrogens with two attached hydrogens (primary N) is 1. The molecule has 0 atom stereocenters. The lowest BCUT2D eigenvalue weighted by Crippen LogP contribution is -2.41. The van der Waals surface area contributed by atoms with Crippen LogP contribution >= 0.6 is 0 Å². The van der Waals surface area contributed by atoms with Gasteiger partial charge in [-0.05, 0) is 37.0 Å². The number of halogens is 1. The van der Waals surface area contributed by atoms with Gasteiger partial charge in [-0.1, -0.05) is 6.92 Å². The maximum Gasteiger partial charge on any atom is 0.301 e. The van der Waals surface area contributed by atoms with Gasteiger partial charge in [-0.2, -0.15) is 12.7 Å². The predicted octanol–water partition coefficient (Wildman–Crippen LogP) is 1.80. The molecule has 2 rings (SSSR count). The Balaban J connectivity index is 2.15. The van der Waals surface area contributed by atoms with E-state index in [1.54, 1.807) is 0 Å². The molecule has 1 heterocycles. The van der Waals surface area contributed by atoms with Crippen molar-refractivity contribution >= 4 is 21.6 Å². The minimum Gasteiger partial charge on any atom is -0.399 e. The Morgan fingerprint density at radius 2 is 2.00 bits per heavy atom. The first-order chi connectivity index (χ1) is 8.88. The highest BCUT2D eigenvalue weighted by molar-refractivity contribution is 7.90. The molecule has 0 aromatic heterocycles. The molecule has 1 aromatic rings. The molecule has 1 aliphatic rings. The van der Waals surface area contributed by atoms with Crippen molar-refractivity contribution in [3.8, 4) is 0 Å². The lowest BCUT2D eigenvalue weighted by molar-refractivity contribution is 0.289. The summed E-state index contributed by atoms with van der Waals surface area (Å²) >= 11 is 0. The second-order valence-electron chi connectivity index (χ2n) is 4.93. The molecule has 0 saturated carbocycles. The van der Waals surface area contributed by atoms with Crippen molar-refractivity contribution < 1.29 is 12.8 Å². The average molecular weight is 287 g/mol. The fourth-order valence-electron chi connectivity index (χ4n) is 2.05. The summed E-state index contributed by atoms with van der Waals surface area (Å²) in [5.74, 6) is -0.112. The molecule has 0 spiro atoms. The molecular weight excluding hydrogens is 269 g/mol. The summed E-state index contributed by atoms with van der Waals surface area (Å²) < 4.78 is 41.4. The standard InChI is InChI=1S/C12H18FN3O2S/c1-9-4-6-16(7-5-9)19(17,18)15-12-8-10(14)2-3-11(12)13/h2-3,8-9,15H,4-7,14H2,1H3. The summed E-state index contributed by atoms with van der Waals surface area (Å²) in [4.78, 5) is 0. The summed E-state index contributed by atoms with van der Waals surface area (Å²) in [6, 6.07) is 3.81. The van der Waals surface area contributed by atoms with Crippen LogP contribution in [-0.2, 0) is 10.2 Å². The zero-order chi connectivity index (χ0) is 14.0. The summed E-state index contributed by atoms with van der Waals surface area (Å²) in [7, 11) is -3.71. The van der Waals surface area contributed by atoms with Crippen LogP contribution in [0.25, 0.3) is 0 Å². The monoisotopic (exact) mass is 287 g/mol. The van der Waals surface area contributed by atoms with Crippen molar-refractivity contribution in [2.75, 3.05) is 23.5 Å². The summed E-state index contributed by atoms with van der Waals surface area (Å²) in [5.41, 5.74) is 5.73. The maximum atomic E-state index is 13.5. The fraction of sp³-hybridized carbons (Fsp3) is 0.500. The van der Waals surface area contributed by atoms with Crippen molar-refractivity contribution in [2.24, 2.45) is 5.92 Å². The summed E-state index contributed by atoms with van der Waals surface area (Å²) in [6.07, 6.45) is 1.64. The van der Waals surface area contributed by atoms with Crippen LogP contribution in [-0.4, -0.2) is 25.8 Å². The van der Waals surface area contributed by atoms with Crippen LogP contribution in [0.4, 0.5) is 15.8 Å². The highest BCUT2D eigenvalue weighted by Gasteiger charge is 2.27. The van der Waals surface area contributed by atoms with Gasteiger partial charge in [0, 0.05) is 18.8 Å². The number of piperidine rings is 1. The van der Waals surface area contributed by atoms with E-state index >= 15 is 0 Å². The molecular formula is C12H18FN3O2S. The quantitative estimate of drug-likeness (QED) is 0.832. The van der Waals surface area contributed by atoms with Crippen molar-refractivity contribution in [3.05, 3.63) is 24.0 Å². The normalized spacial score (nSPS) is 18.4. The first kappa shape index (κ1) is 14.1. The largest absolute Gasteiger partial charge is 0.399 e. The van der Waals surface area contributed by atoms with Gasteiger partial charge in [0.1, 0.15) is 5.82 Å². The topological polar surface area (TPSA) is 75.4 Å². The molecule has 0 radical (unpaired) electrons. The van der Waals surface area contributed by atoms with Crippen molar-refractivity contribution in [2.45, 2.75) is 19.8 Å². The second kappa shape index (κ2) is 5.34. The van der Waals surface area contributed by atoms with Crippen LogP contribution in [0.5, 0.6) is 0 Å². The third kappa shape index (κ3) is 3.36. The molecule has 1 fully saturated rings. The number of nitrogens with zero attached hydrogens (tertiary/aromatic N) is 1. The number of nitrogen functional groups attached to an aromatic ring is 1. The number of hydrogen-bond donors (Lipinski definition) is 2. The molecule has 0 bridgehead atoms. The van der Waals surface area contributed by atoms with Gasteiger partial charge in [-0.15, -0.1) is 0 Å². The smallest absolute Gasteiger partial charge is 0.301 e.